The number of anilines is 1. The largest absolute Gasteiger partial charge is 0.338 e. The highest BCUT2D eigenvalue weighted by Gasteiger charge is 2.36. The van der Waals surface area contributed by atoms with E-state index >= 15 is 0 Å². The van der Waals surface area contributed by atoms with E-state index in [1.54, 1.807) is 36.4 Å². The fourth-order valence-electron chi connectivity index (χ4n) is 3.72. The normalized spacial score (nSPS) is 13.6. The molecule has 0 atom stereocenters. The molecule has 1 aliphatic rings. The Hall–Kier alpha value is -3.73. The van der Waals surface area contributed by atoms with Crippen LogP contribution in [0.2, 0.25) is 0 Å². The number of rotatable bonds is 3. The van der Waals surface area contributed by atoms with Gasteiger partial charge in [-0.15, -0.1) is 0 Å². The number of nitrogens with one attached hydrogen (secondary N) is 1. The summed E-state index contributed by atoms with van der Waals surface area (Å²) in [6, 6.07) is 20.5. The maximum atomic E-state index is 12.7. The van der Waals surface area contributed by atoms with Crippen molar-refractivity contribution in [2.24, 2.45) is 0 Å². The van der Waals surface area contributed by atoms with Crippen LogP contribution in [0.1, 0.15) is 46.0 Å². The number of aromatic nitrogens is 2. The average molecular weight is 381 g/mol. The molecule has 0 saturated carbocycles. The predicted molar refractivity (Wildman–Crippen MR) is 113 cm³/mol. The minimum atomic E-state index is -0.289. The Labute approximate surface area is 168 Å². The quantitative estimate of drug-likeness (QED) is 0.499. The molecule has 1 aliphatic heterocycles. The molecule has 1 N–H and O–H groups in total. The van der Waals surface area contributed by atoms with Gasteiger partial charge in [0.15, 0.2) is 0 Å². The van der Waals surface area contributed by atoms with Gasteiger partial charge in [-0.25, -0.2) is 9.88 Å². The van der Waals surface area contributed by atoms with E-state index < -0.39 is 0 Å². The van der Waals surface area contributed by atoms with Gasteiger partial charge in [0.1, 0.15) is 5.82 Å². The molecule has 0 spiro atoms. The van der Waals surface area contributed by atoms with Gasteiger partial charge in [0, 0.05) is 5.56 Å². The van der Waals surface area contributed by atoms with Gasteiger partial charge in [-0.05, 0) is 60.0 Å². The van der Waals surface area contributed by atoms with Crippen molar-refractivity contribution in [2.75, 3.05) is 4.90 Å². The topological polar surface area (TPSA) is 66.1 Å². The van der Waals surface area contributed by atoms with Gasteiger partial charge in [-0.1, -0.05) is 32.0 Å². The Kier molecular flexibility index (Phi) is 3.84. The zero-order chi connectivity index (χ0) is 20.1. The number of H-pyrrole nitrogens is 1. The Morgan fingerprint density at radius 3 is 2.14 bits per heavy atom. The summed E-state index contributed by atoms with van der Waals surface area (Å²) in [5, 5.41) is 0. The van der Waals surface area contributed by atoms with Crippen LogP contribution in [-0.2, 0) is 0 Å². The minimum absolute atomic E-state index is 0.289. The fourth-order valence-corrected chi connectivity index (χ4v) is 3.72. The molecule has 0 saturated heterocycles. The van der Waals surface area contributed by atoms with Crippen LogP contribution in [0.5, 0.6) is 0 Å². The zero-order valence-electron chi connectivity index (χ0n) is 16.1. The van der Waals surface area contributed by atoms with Gasteiger partial charge in [0.25, 0.3) is 11.8 Å². The second-order valence-electron chi connectivity index (χ2n) is 7.55. The number of aromatic amines is 1. The van der Waals surface area contributed by atoms with E-state index in [4.69, 9.17) is 0 Å². The molecule has 5 nitrogen and oxygen atoms in total. The smallest absolute Gasteiger partial charge is 0.266 e. The van der Waals surface area contributed by atoms with E-state index in [9.17, 15) is 9.59 Å². The number of carbonyl (C=O) groups is 2. The molecule has 4 aromatic rings. The van der Waals surface area contributed by atoms with Gasteiger partial charge in [0.05, 0.1) is 27.8 Å². The van der Waals surface area contributed by atoms with E-state index in [2.05, 4.69) is 35.9 Å². The summed E-state index contributed by atoms with van der Waals surface area (Å²) < 4.78 is 0. The highest BCUT2D eigenvalue weighted by atomic mass is 16.2. The Bertz CT molecular complexity index is 1230. The SMILES string of the molecule is CC(C)c1ccc2nc(-c3ccc(N4C(=O)c5ccccc5C4=O)cc3)[nH]c2c1. The lowest BCUT2D eigenvalue weighted by molar-refractivity contribution is 0.0926. The van der Waals surface area contributed by atoms with E-state index in [1.807, 2.05) is 18.2 Å². The summed E-state index contributed by atoms with van der Waals surface area (Å²) in [6.45, 7) is 4.33. The number of imide groups is 1. The number of carbonyl (C=O) groups excluding carboxylic acids is 2. The highest BCUT2D eigenvalue weighted by molar-refractivity contribution is 6.34. The number of benzene rings is 3. The lowest BCUT2D eigenvalue weighted by atomic mass is 10.0. The maximum absolute atomic E-state index is 12.7. The Morgan fingerprint density at radius 1 is 0.862 bits per heavy atom. The molecule has 0 fully saturated rings. The molecule has 3 aromatic carbocycles. The van der Waals surface area contributed by atoms with E-state index in [0.29, 0.717) is 22.7 Å². The maximum Gasteiger partial charge on any atom is 0.266 e. The van der Waals surface area contributed by atoms with Crippen LogP contribution >= 0.6 is 0 Å². The summed E-state index contributed by atoms with van der Waals surface area (Å²) >= 11 is 0. The molecule has 1 aromatic heterocycles. The summed E-state index contributed by atoms with van der Waals surface area (Å²) in [4.78, 5) is 34.6. The number of hydrogen-bond donors (Lipinski definition) is 1. The van der Waals surface area contributed by atoms with Crippen LogP contribution in [0.25, 0.3) is 22.4 Å². The highest BCUT2D eigenvalue weighted by Crippen LogP contribution is 2.30. The molecule has 2 heterocycles. The van der Waals surface area contributed by atoms with Crippen molar-refractivity contribution < 1.29 is 9.59 Å². The molecule has 5 rings (SSSR count). The van der Waals surface area contributed by atoms with Crippen molar-refractivity contribution in [3.63, 3.8) is 0 Å². The second kappa shape index (κ2) is 6.41. The molecule has 0 aliphatic carbocycles. The molecule has 5 heteroatoms. The lowest BCUT2D eigenvalue weighted by Gasteiger charge is -2.14. The summed E-state index contributed by atoms with van der Waals surface area (Å²) in [6.07, 6.45) is 0. The molecule has 2 amide bonds. The van der Waals surface area contributed by atoms with Gasteiger partial charge in [-0.2, -0.15) is 0 Å². The first-order valence-corrected chi connectivity index (χ1v) is 9.61. The third-order valence-electron chi connectivity index (χ3n) is 5.37. The Morgan fingerprint density at radius 2 is 1.52 bits per heavy atom. The van der Waals surface area contributed by atoms with Crippen LogP contribution in [-0.4, -0.2) is 21.8 Å². The molecule has 142 valence electrons. The van der Waals surface area contributed by atoms with Gasteiger partial charge in [-0.3, -0.25) is 9.59 Å². The Balaban J connectivity index is 1.47. The average Bonchev–Trinajstić information content (AvgIpc) is 3.27. The van der Waals surface area contributed by atoms with Gasteiger partial charge in [0.2, 0.25) is 0 Å². The number of imidazole rings is 1. The van der Waals surface area contributed by atoms with Crippen LogP contribution in [0, 0.1) is 0 Å². The third kappa shape index (κ3) is 2.74. The summed E-state index contributed by atoms with van der Waals surface area (Å²) in [5.41, 5.74) is 5.50. The lowest BCUT2D eigenvalue weighted by Crippen LogP contribution is -2.29. The van der Waals surface area contributed by atoms with E-state index in [1.165, 1.54) is 10.5 Å². The molecule has 0 unspecified atom stereocenters. The third-order valence-corrected chi connectivity index (χ3v) is 5.37. The van der Waals surface area contributed by atoms with E-state index in [-0.39, 0.29) is 11.8 Å². The van der Waals surface area contributed by atoms with Crippen molar-refractivity contribution in [3.05, 3.63) is 83.4 Å². The second-order valence-corrected chi connectivity index (χ2v) is 7.55. The molecule has 0 bridgehead atoms. The van der Waals surface area contributed by atoms with E-state index in [0.717, 1.165) is 22.4 Å². The van der Waals surface area contributed by atoms with Crippen LogP contribution in [0.15, 0.2) is 66.7 Å². The summed E-state index contributed by atoms with van der Waals surface area (Å²) in [5.74, 6) is 0.631. The first-order valence-electron chi connectivity index (χ1n) is 9.61. The van der Waals surface area contributed by atoms with Crippen LogP contribution < -0.4 is 4.90 Å². The van der Waals surface area contributed by atoms with Crippen molar-refractivity contribution in [1.29, 1.82) is 0 Å². The van der Waals surface area contributed by atoms with Crippen molar-refractivity contribution in [3.8, 4) is 11.4 Å². The first-order chi connectivity index (χ1) is 14.0. The predicted octanol–water partition coefficient (Wildman–Crippen LogP) is 5.15. The molecule has 0 radical (unpaired) electrons. The molecular weight excluding hydrogens is 362 g/mol. The number of fused-ring (bicyclic) bond motifs is 2. The monoisotopic (exact) mass is 381 g/mol. The zero-order valence-corrected chi connectivity index (χ0v) is 16.1. The van der Waals surface area contributed by atoms with Crippen molar-refractivity contribution in [2.45, 2.75) is 19.8 Å². The van der Waals surface area contributed by atoms with Gasteiger partial charge >= 0.3 is 0 Å². The van der Waals surface area contributed by atoms with Crippen LogP contribution in [0.3, 0.4) is 0 Å². The van der Waals surface area contributed by atoms with Crippen molar-refractivity contribution in [1.82, 2.24) is 9.97 Å². The number of nitrogens with zero attached hydrogens (tertiary/aromatic N) is 2. The standard InChI is InChI=1S/C24H19N3O2/c1-14(2)16-9-12-20-21(13-16)26-22(25-20)15-7-10-17(11-8-15)27-23(28)18-5-3-4-6-19(18)24(27)29/h3-14H,1-2H3,(H,25,26). The fraction of sp³-hybridized carbons (Fsp3) is 0.125. The van der Waals surface area contributed by atoms with Crippen molar-refractivity contribution >= 4 is 28.5 Å². The molecular formula is C24H19N3O2. The minimum Gasteiger partial charge on any atom is -0.338 e. The molecule has 29 heavy (non-hydrogen) atoms. The summed E-state index contributed by atoms with van der Waals surface area (Å²) in [7, 11) is 0. The number of hydrogen-bond acceptors (Lipinski definition) is 3. The first kappa shape index (κ1) is 17.4. The van der Waals surface area contributed by atoms with Gasteiger partial charge < -0.3 is 4.98 Å². The van der Waals surface area contributed by atoms with Crippen LogP contribution in [0.4, 0.5) is 5.69 Å². The number of amides is 2.